The maximum Gasteiger partial charge on any atom is 0.253 e. The van der Waals surface area contributed by atoms with Gasteiger partial charge in [-0.15, -0.1) is 0 Å². The number of fused-ring (bicyclic) bond motifs is 1. The normalized spacial score (nSPS) is 23.9. The summed E-state index contributed by atoms with van der Waals surface area (Å²) in [6, 6.07) is 15.3. The molecule has 2 heterocycles. The molecule has 2 aromatic carbocycles. The Morgan fingerprint density at radius 1 is 1.06 bits per heavy atom. The highest BCUT2D eigenvalue weighted by molar-refractivity contribution is 5.95. The second-order valence-electron chi connectivity index (χ2n) is 9.97. The lowest BCUT2D eigenvalue weighted by Gasteiger charge is -2.58. The van der Waals surface area contributed by atoms with Gasteiger partial charge in [-0.05, 0) is 47.6 Å². The third-order valence-electron chi connectivity index (χ3n) is 7.41. The molecule has 3 amide bonds. The van der Waals surface area contributed by atoms with E-state index in [9.17, 15) is 19.5 Å². The Morgan fingerprint density at radius 3 is 2.44 bits per heavy atom. The minimum atomic E-state index is -0.259. The number of hydrogen-bond donors (Lipinski definition) is 1. The van der Waals surface area contributed by atoms with Gasteiger partial charge >= 0.3 is 0 Å². The highest BCUT2D eigenvalue weighted by Crippen LogP contribution is 2.43. The smallest absolute Gasteiger partial charge is 0.253 e. The van der Waals surface area contributed by atoms with Gasteiger partial charge in [-0.25, -0.2) is 0 Å². The Kier molecular flexibility index (Phi) is 5.90. The minimum absolute atomic E-state index is 0.0128. The number of benzene rings is 2. The largest absolute Gasteiger partial charge is 0.394 e. The topological polar surface area (TPSA) is 81.2 Å². The monoisotopic (exact) mass is 461 g/mol. The van der Waals surface area contributed by atoms with Gasteiger partial charge in [0.15, 0.2) is 0 Å². The van der Waals surface area contributed by atoms with Gasteiger partial charge in [-0.1, -0.05) is 36.4 Å². The molecule has 2 saturated heterocycles. The van der Waals surface area contributed by atoms with Crippen LogP contribution in [0.2, 0.25) is 0 Å². The molecule has 178 valence electrons. The predicted molar refractivity (Wildman–Crippen MR) is 128 cm³/mol. The van der Waals surface area contributed by atoms with E-state index in [1.807, 2.05) is 48.5 Å². The highest BCUT2D eigenvalue weighted by atomic mass is 16.3. The summed E-state index contributed by atoms with van der Waals surface area (Å²) in [5.41, 5.74) is 3.64. The number of hydrogen-bond acceptors (Lipinski definition) is 4. The Balaban J connectivity index is 1.35. The van der Waals surface area contributed by atoms with Crippen LogP contribution >= 0.6 is 0 Å². The molecule has 0 aromatic heterocycles. The molecule has 1 aliphatic carbocycles. The molecule has 3 atom stereocenters. The number of carbonyl (C=O) groups is 3. The summed E-state index contributed by atoms with van der Waals surface area (Å²) in [6.45, 7) is 0.542. The molecule has 7 heteroatoms. The van der Waals surface area contributed by atoms with Crippen molar-refractivity contribution in [3.8, 4) is 11.1 Å². The van der Waals surface area contributed by atoms with Crippen LogP contribution in [0.25, 0.3) is 11.1 Å². The van der Waals surface area contributed by atoms with Gasteiger partial charge in [-0.3, -0.25) is 14.4 Å². The van der Waals surface area contributed by atoms with Gasteiger partial charge in [0, 0.05) is 38.5 Å². The fourth-order valence-corrected chi connectivity index (χ4v) is 5.38. The van der Waals surface area contributed by atoms with Crippen LogP contribution in [0.15, 0.2) is 48.5 Å². The van der Waals surface area contributed by atoms with E-state index in [0.29, 0.717) is 24.4 Å². The van der Waals surface area contributed by atoms with E-state index in [1.165, 1.54) is 0 Å². The molecule has 3 fully saturated rings. The SMILES string of the molecule is CN(C)C(=O)c1cccc(-c2ccc([C@@H]3[C@H]4CN(C(=O)CC5CC5)CC(=O)N4[C@H]3CO)cc2)c1. The summed E-state index contributed by atoms with van der Waals surface area (Å²) in [4.78, 5) is 42.8. The van der Waals surface area contributed by atoms with E-state index in [1.54, 1.807) is 28.8 Å². The average Bonchev–Trinajstić information content (AvgIpc) is 3.64. The first-order valence-electron chi connectivity index (χ1n) is 12.0. The number of piperazine rings is 1. The van der Waals surface area contributed by atoms with Gasteiger partial charge in [0.2, 0.25) is 11.8 Å². The number of aliphatic hydroxyl groups is 1. The van der Waals surface area contributed by atoms with Crippen LogP contribution in [0, 0.1) is 5.92 Å². The lowest BCUT2D eigenvalue weighted by atomic mass is 9.73. The Morgan fingerprint density at radius 2 is 1.79 bits per heavy atom. The van der Waals surface area contributed by atoms with Crippen LogP contribution in [0.5, 0.6) is 0 Å². The van der Waals surface area contributed by atoms with Crippen molar-refractivity contribution in [2.24, 2.45) is 5.92 Å². The van der Waals surface area contributed by atoms with Gasteiger partial charge in [0.1, 0.15) is 0 Å². The van der Waals surface area contributed by atoms with Crippen LogP contribution in [0.4, 0.5) is 0 Å². The summed E-state index contributed by atoms with van der Waals surface area (Å²) in [5.74, 6) is 0.434. The van der Waals surface area contributed by atoms with Gasteiger partial charge < -0.3 is 19.8 Å². The molecule has 5 rings (SSSR count). The first-order valence-corrected chi connectivity index (χ1v) is 12.0. The molecule has 1 saturated carbocycles. The highest BCUT2D eigenvalue weighted by Gasteiger charge is 2.54. The van der Waals surface area contributed by atoms with Gasteiger partial charge in [0.25, 0.3) is 5.91 Å². The molecule has 2 aromatic rings. The standard InChI is InChI=1S/C27H31N3O4/c1-28(2)27(34)21-5-3-4-20(13-21)18-8-10-19(11-9-18)26-22-14-29(24(32)12-17-6-7-17)15-25(33)30(22)23(26)16-31/h3-5,8-11,13,17,22-23,26,31H,6-7,12,14-16H2,1-2H3/t22-,23+,26-/m1/s1. The van der Waals surface area contributed by atoms with Crippen molar-refractivity contribution in [3.63, 3.8) is 0 Å². The first-order chi connectivity index (χ1) is 16.4. The van der Waals surface area contributed by atoms with Crippen molar-refractivity contribution in [3.05, 3.63) is 59.7 Å². The zero-order chi connectivity index (χ0) is 24.0. The quantitative estimate of drug-likeness (QED) is 0.716. The Labute approximate surface area is 200 Å². The zero-order valence-electron chi connectivity index (χ0n) is 19.7. The van der Waals surface area contributed by atoms with E-state index in [0.717, 1.165) is 29.5 Å². The summed E-state index contributed by atoms with van der Waals surface area (Å²) in [6.07, 6.45) is 2.76. The van der Waals surface area contributed by atoms with Crippen molar-refractivity contribution in [2.45, 2.75) is 37.3 Å². The summed E-state index contributed by atoms with van der Waals surface area (Å²) >= 11 is 0. The number of carbonyl (C=O) groups excluding carboxylic acids is 3. The number of rotatable bonds is 6. The van der Waals surface area contributed by atoms with Crippen LogP contribution in [-0.2, 0) is 9.59 Å². The third-order valence-corrected chi connectivity index (χ3v) is 7.41. The van der Waals surface area contributed by atoms with Crippen LogP contribution < -0.4 is 0 Å². The van der Waals surface area contributed by atoms with Gasteiger partial charge in [0.05, 0.1) is 25.2 Å². The maximum absolute atomic E-state index is 12.8. The molecule has 0 radical (unpaired) electrons. The Hall–Kier alpha value is -3.19. The van der Waals surface area contributed by atoms with E-state index < -0.39 is 0 Å². The fourth-order valence-electron chi connectivity index (χ4n) is 5.38. The average molecular weight is 462 g/mol. The molecule has 2 aliphatic heterocycles. The number of aliphatic hydroxyl groups excluding tert-OH is 1. The molecule has 3 aliphatic rings. The predicted octanol–water partition coefficient (Wildman–Crippen LogP) is 2.35. The van der Waals surface area contributed by atoms with Crippen molar-refractivity contribution < 1.29 is 19.5 Å². The van der Waals surface area contributed by atoms with Crippen molar-refractivity contribution in [1.82, 2.24) is 14.7 Å². The van der Waals surface area contributed by atoms with Crippen LogP contribution in [-0.4, -0.2) is 83.4 Å². The van der Waals surface area contributed by atoms with Crippen molar-refractivity contribution in [2.75, 3.05) is 33.8 Å². The van der Waals surface area contributed by atoms with Crippen LogP contribution in [0.1, 0.15) is 41.1 Å². The molecule has 7 nitrogen and oxygen atoms in total. The lowest BCUT2D eigenvalue weighted by molar-refractivity contribution is -0.167. The maximum atomic E-state index is 12.8. The van der Waals surface area contributed by atoms with Crippen molar-refractivity contribution in [1.29, 1.82) is 0 Å². The van der Waals surface area contributed by atoms with Gasteiger partial charge in [-0.2, -0.15) is 0 Å². The van der Waals surface area contributed by atoms with E-state index in [2.05, 4.69) is 0 Å². The number of amides is 3. The lowest BCUT2D eigenvalue weighted by Crippen LogP contribution is -2.73. The fraction of sp³-hybridized carbons (Fsp3) is 0.444. The van der Waals surface area contributed by atoms with E-state index in [-0.39, 0.29) is 48.9 Å². The second kappa shape index (κ2) is 8.87. The Bertz CT molecular complexity index is 1110. The molecular weight excluding hydrogens is 430 g/mol. The molecule has 34 heavy (non-hydrogen) atoms. The zero-order valence-corrected chi connectivity index (χ0v) is 19.7. The van der Waals surface area contributed by atoms with E-state index >= 15 is 0 Å². The summed E-state index contributed by atoms with van der Waals surface area (Å²) in [7, 11) is 3.47. The molecule has 0 unspecified atom stereocenters. The first kappa shape index (κ1) is 22.6. The molecule has 0 spiro atoms. The minimum Gasteiger partial charge on any atom is -0.394 e. The summed E-state index contributed by atoms with van der Waals surface area (Å²) < 4.78 is 0. The number of nitrogens with zero attached hydrogens (tertiary/aromatic N) is 3. The summed E-state index contributed by atoms with van der Waals surface area (Å²) in [5, 5.41) is 10.0. The van der Waals surface area contributed by atoms with Crippen molar-refractivity contribution >= 4 is 17.7 Å². The molecule has 0 bridgehead atoms. The molecule has 1 N–H and O–H groups in total. The molecular formula is C27H31N3O4. The second-order valence-corrected chi connectivity index (χ2v) is 9.97. The third kappa shape index (κ3) is 4.09. The van der Waals surface area contributed by atoms with Crippen LogP contribution in [0.3, 0.4) is 0 Å². The van der Waals surface area contributed by atoms with E-state index in [4.69, 9.17) is 0 Å².